The lowest BCUT2D eigenvalue weighted by Crippen LogP contribution is -2.60. The Hall–Kier alpha value is -2.40. The fraction of sp³-hybridized carbons (Fsp3) is 0.429. The average molecular weight is 464 g/mol. The van der Waals surface area contributed by atoms with Crippen molar-refractivity contribution in [2.75, 3.05) is 19.1 Å². The lowest BCUT2D eigenvalue weighted by atomic mass is 9.77. The first-order valence-corrected chi connectivity index (χ1v) is 11.2. The number of thiocarbonyl (C=S) groups is 1. The maximum Gasteiger partial charge on any atom is 0.225 e. The Morgan fingerprint density at radius 2 is 2.00 bits per heavy atom. The van der Waals surface area contributed by atoms with Crippen molar-refractivity contribution in [2.24, 2.45) is 5.92 Å². The van der Waals surface area contributed by atoms with Crippen molar-refractivity contribution in [3.05, 3.63) is 40.6 Å². The third-order valence-electron chi connectivity index (χ3n) is 5.81. The lowest BCUT2D eigenvalue weighted by Gasteiger charge is -2.41. The molecule has 2 aromatic rings. The Kier molecular flexibility index (Phi) is 6.33. The van der Waals surface area contributed by atoms with E-state index in [1.54, 1.807) is 43.8 Å². The first-order chi connectivity index (χ1) is 14.9. The number of thiophene rings is 1. The highest BCUT2D eigenvalue weighted by Crippen LogP contribution is 2.39. The number of nitrogens with zero attached hydrogens (tertiary/aromatic N) is 1. The van der Waals surface area contributed by atoms with Crippen LogP contribution in [0, 0.1) is 5.92 Å². The number of hydrogen-bond acceptors (Lipinski definition) is 7. The number of anilines is 1. The Bertz CT molecular complexity index is 932. The van der Waals surface area contributed by atoms with Gasteiger partial charge < -0.3 is 35.2 Å². The SMILES string of the molecule is COc1cc(OC)cc(N2C(=S)N[C@H]3[C@@H](O)[C@H](O)C[C@@H](C(=O)NCc4cccs4)[C@@H]32)c1. The number of ether oxygens (including phenoxy) is 2. The number of benzene rings is 1. The highest BCUT2D eigenvalue weighted by atomic mass is 32.1. The summed E-state index contributed by atoms with van der Waals surface area (Å²) in [6.45, 7) is 0.411. The normalized spacial score (nSPS) is 27.4. The van der Waals surface area contributed by atoms with E-state index in [0.29, 0.717) is 28.8 Å². The van der Waals surface area contributed by atoms with Crippen LogP contribution in [0.25, 0.3) is 0 Å². The van der Waals surface area contributed by atoms with E-state index in [2.05, 4.69) is 10.6 Å². The molecule has 0 radical (unpaired) electrons. The number of carbonyl (C=O) groups is 1. The van der Waals surface area contributed by atoms with Crippen molar-refractivity contribution in [2.45, 2.75) is 37.3 Å². The van der Waals surface area contributed by atoms with Gasteiger partial charge in [0, 0.05) is 23.1 Å². The summed E-state index contributed by atoms with van der Waals surface area (Å²) in [7, 11) is 3.12. The van der Waals surface area contributed by atoms with Crippen LogP contribution in [0.3, 0.4) is 0 Å². The smallest absolute Gasteiger partial charge is 0.225 e. The minimum Gasteiger partial charge on any atom is -0.497 e. The van der Waals surface area contributed by atoms with Gasteiger partial charge in [-0.25, -0.2) is 0 Å². The monoisotopic (exact) mass is 463 g/mol. The molecular formula is C21H25N3O5S2. The molecule has 1 saturated carbocycles. The van der Waals surface area contributed by atoms with Crippen LogP contribution in [-0.4, -0.2) is 59.7 Å². The first kappa shape index (κ1) is 21.8. The highest BCUT2D eigenvalue weighted by molar-refractivity contribution is 7.80. The highest BCUT2D eigenvalue weighted by Gasteiger charge is 2.54. The van der Waals surface area contributed by atoms with Gasteiger partial charge in [0.1, 0.15) is 17.6 Å². The predicted molar refractivity (Wildman–Crippen MR) is 122 cm³/mol. The molecule has 1 aromatic carbocycles. The van der Waals surface area contributed by atoms with E-state index >= 15 is 0 Å². The van der Waals surface area contributed by atoms with Crippen LogP contribution >= 0.6 is 23.6 Å². The molecule has 0 bridgehead atoms. The molecule has 8 nitrogen and oxygen atoms in total. The van der Waals surface area contributed by atoms with Crippen molar-refractivity contribution < 1.29 is 24.5 Å². The molecule has 1 aliphatic carbocycles. The maximum absolute atomic E-state index is 13.2. The number of fused-ring (bicyclic) bond motifs is 1. The Balaban J connectivity index is 1.66. The van der Waals surface area contributed by atoms with Gasteiger partial charge in [-0.05, 0) is 30.1 Å². The molecule has 1 aliphatic heterocycles. The summed E-state index contributed by atoms with van der Waals surface area (Å²) >= 11 is 7.13. The van der Waals surface area contributed by atoms with Gasteiger partial charge in [-0.3, -0.25) is 4.79 Å². The van der Waals surface area contributed by atoms with Gasteiger partial charge in [-0.15, -0.1) is 11.3 Å². The van der Waals surface area contributed by atoms with E-state index in [-0.39, 0.29) is 12.3 Å². The fourth-order valence-corrected chi connectivity index (χ4v) is 5.30. The summed E-state index contributed by atoms with van der Waals surface area (Å²) in [5, 5.41) is 29.5. The second-order valence-corrected chi connectivity index (χ2v) is 9.02. The Morgan fingerprint density at radius 1 is 1.29 bits per heavy atom. The largest absolute Gasteiger partial charge is 0.497 e. The summed E-state index contributed by atoms with van der Waals surface area (Å²) in [5.74, 6) is 0.376. The number of amides is 1. The number of aliphatic hydroxyl groups is 2. The van der Waals surface area contributed by atoms with Crippen LogP contribution in [-0.2, 0) is 11.3 Å². The van der Waals surface area contributed by atoms with E-state index in [4.69, 9.17) is 21.7 Å². The third kappa shape index (κ3) is 4.20. The molecule has 2 heterocycles. The number of methoxy groups -OCH3 is 2. The minimum absolute atomic E-state index is 0.125. The molecule has 2 fully saturated rings. The lowest BCUT2D eigenvalue weighted by molar-refractivity contribution is -0.131. The number of carbonyl (C=O) groups excluding carboxylic acids is 1. The maximum atomic E-state index is 13.2. The van der Waals surface area contributed by atoms with Crippen LogP contribution in [0.15, 0.2) is 35.7 Å². The van der Waals surface area contributed by atoms with E-state index in [1.165, 1.54) is 0 Å². The Morgan fingerprint density at radius 3 is 2.61 bits per heavy atom. The van der Waals surface area contributed by atoms with Gasteiger partial charge >= 0.3 is 0 Å². The van der Waals surface area contributed by atoms with Gasteiger partial charge in [0.2, 0.25) is 5.91 Å². The van der Waals surface area contributed by atoms with Crippen LogP contribution in [0.5, 0.6) is 11.5 Å². The summed E-state index contributed by atoms with van der Waals surface area (Å²) in [5.41, 5.74) is 0.681. The van der Waals surface area contributed by atoms with E-state index in [0.717, 1.165) is 4.88 Å². The molecule has 10 heteroatoms. The first-order valence-electron chi connectivity index (χ1n) is 9.92. The molecule has 4 rings (SSSR count). The average Bonchev–Trinajstić information content (AvgIpc) is 3.41. The van der Waals surface area contributed by atoms with Crippen molar-refractivity contribution in [1.82, 2.24) is 10.6 Å². The van der Waals surface area contributed by atoms with E-state index in [1.807, 2.05) is 22.4 Å². The standard InChI is InChI=1S/C21H25N3O5S2/c1-28-12-6-11(7-13(8-12)29-2)24-18-15(20(27)22-10-14-4-3-5-31-14)9-16(25)19(26)17(18)23-21(24)30/h3-8,15-19,25-26H,9-10H2,1-2H3,(H,22,27)(H,23,30)/t15-,16-,17-,18+,19+/m1/s1. The number of nitrogens with one attached hydrogen (secondary N) is 2. The van der Waals surface area contributed by atoms with Crippen molar-refractivity contribution in [3.63, 3.8) is 0 Å². The topological polar surface area (TPSA) is 103 Å². The predicted octanol–water partition coefficient (Wildman–Crippen LogP) is 1.26. The second kappa shape index (κ2) is 8.99. The quantitative estimate of drug-likeness (QED) is 0.475. The van der Waals surface area contributed by atoms with Crippen LogP contribution < -0.4 is 25.0 Å². The van der Waals surface area contributed by atoms with Gasteiger partial charge in [0.25, 0.3) is 0 Å². The second-order valence-electron chi connectivity index (χ2n) is 7.60. The van der Waals surface area contributed by atoms with Crippen molar-refractivity contribution in [1.29, 1.82) is 0 Å². The van der Waals surface area contributed by atoms with Gasteiger partial charge in [0.05, 0.1) is 50.6 Å². The minimum atomic E-state index is -1.05. The summed E-state index contributed by atoms with van der Waals surface area (Å²) in [4.78, 5) is 16.0. The van der Waals surface area contributed by atoms with Gasteiger partial charge in [-0.2, -0.15) is 0 Å². The molecule has 5 atom stereocenters. The van der Waals surface area contributed by atoms with Crippen molar-refractivity contribution >= 4 is 40.3 Å². The molecule has 0 unspecified atom stereocenters. The fourth-order valence-electron chi connectivity index (χ4n) is 4.29. The molecular weight excluding hydrogens is 438 g/mol. The molecule has 166 valence electrons. The Labute approximate surface area is 189 Å². The number of hydrogen-bond donors (Lipinski definition) is 4. The summed E-state index contributed by atoms with van der Waals surface area (Å²) in [6.07, 6.45) is -1.96. The van der Waals surface area contributed by atoms with Gasteiger partial charge in [0.15, 0.2) is 5.11 Å². The molecule has 31 heavy (non-hydrogen) atoms. The zero-order chi connectivity index (χ0) is 22.1. The molecule has 0 spiro atoms. The molecule has 2 aliphatic rings. The zero-order valence-electron chi connectivity index (χ0n) is 17.1. The summed E-state index contributed by atoms with van der Waals surface area (Å²) < 4.78 is 10.8. The van der Waals surface area contributed by atoms with Gasteiger partial charge in [-0.1, -0.05) is 6.07 Å². The number of aliphatic hydroxyl groups excluding tert-OH is 2. The van der Waals surface area contributed by atoms with Crippen LogP contribution in [0.1, 0.15) is 11.3 Å². The van der Waals surface area contributed by atoms with Crippen molar-refractivity contribution in [3.8, 4) is 11.5 Å². The van der Waals surface area contributed by atoms with Crippen LogP contribution in [0.4, 0.5) is 5.69 Å². The molecule has 1 amide bonds. The third-order valence-corrected chi connectivity index (χ3v) is 7.00. The molecule has 1 saturated heterocycles. The molecule has 4 N–H and O–H groups in total. The van der Waals surface area contributed by atoms with E-state index < -0.39 is 30.2 Å². The van der Waals surface area contributed by atoms with Crippen LogP contribution in [0.2, 0.25) is 0 Å². The molecule has 1 aromatic heterocycles. The summed E-state index contributed by atoms with van der Waals surface area (Å²) in [6, 6.07) is 8.16. The number of rotatable bonds is 6. The van der Waals surface area contributed by atoms with E-state index in [9.17, 15) is 15.0 Å². The zero-order valence-corrected chi connectivity index (χ0v) is 18.8.